The van der Waals surface area contributed by atoms with Gasteiger partial charge in [-0.1, -0.05) is 30.3 Å². The minimum atomic E-state index is 0.798. The standard InChI is InChI=1S/C17H16N4/c1-2-4-13(5-3-1)11-21-12-14(10-20-21)15-6-8-18-17-16(15)7-9-19-17/h1-6,8,10,12H,7,9,11H2,(H,18,19). The highest BCUT2D eigenvalue weighted by atomic mass is 15.3. The van der Waals surface area contributed by atoms with E-state index in [1.165, 1.54) is 16.7 Å². The van der Waals surface area contributed by atoms with E-state index >= 15 is 0 Å². The molecule has 104 valence electrons. The summed E-state index contributed by atoms with van der Waals surface area (Å²) in [4.78, 5) is 4.38. The van der Waals surface area contributed by atoms with Crippen molar-refractivity contribution in [2.24, 2.45) is 0 Å². The number of aromatic nitrogens is 3. The summed E-state index contributed by atoms with van der Waals surface area (Å²) in [6.45, 7) is 1.77. The molecule has 1 N–H and O–H groups in total. The lowest BCUT2D eigenvalue weighted by Crippen LogP contribution is -1.99. The molecule has 1 aliphatic rings. The van der Waals surface area contributed by atoms with E-state index in [4.69, 9.17) is 0 Å². The van der Waals surface area contributed by atoms with E-state index in [-0.39, 0.29) is 0 Å². The minimum absolute atomic E-state index is 0.798. The largest absolute Gasteiger partial charge is 0.369 e. The number of pyridine rings is 1. The highest BCUT2D eigenvalue weighted by Gasteiger charge is 2.17. The third kappa shape index (κ3) is 2.29. The fourth-order valence-electron chi connectivity index (χ4n) is 2.83. The van der Waals surface area contributed by atoms with Crippen LogP contribution in [-0.2, 0) is 13.0 Å². The molecule has 3 heterocycles. The highest BCUT2D eigenvalue weighted by molar-refractivity contribution is 5.72. The molecule has 0 unspecified atom stereocenters. The second-order valence-electron chi connectivity index (χ2n) is 5.27. The first-order chi connectivity index (χ1) is 10.4. The summed E-state index contributed by atoms with van der Waals surface area (Å²) in [6.07, 6.45) is 6.95. The van der Waals surface area contributed by atoms with Gasteiger partial charge in [0.25, 0.3) is 0 Å². The molecule has 0 fully saturated rings. The van der Waals surface area contributed by atoms with E-state index in [1.54, 1.807) is 0 Å². The van der Waals surface area contributed by atoms with Gasteiger partial charge < -0.3 is 5.32 Å². The molecule has 0 spiro atoms. The summed E-state index contributed by atoms with van der Waals surface area (Å²) in [7, 11) is 0. The van der Waals surface area contributed by atoms with Crippen LogP contribution in [0.3, 0.4) is 0 Å². The van der Waals surface area contributed by atoms with Crippen LogP contribution in [0.1, 0.15) is 11.1 Å². The highest BCUT2D eigenvalue weighted by Crippen LogP contribution is 2.30. The smallest absolute Gasteiger partial charge is 0.129 e. The van der Waals surface area contributed by atoms with E-state index in [1.807, 2.05) is 23.1 Å². The monoisotopic (exact) mass is 276 g/mol. The Bertz CT molecular complexity index is 761. The molecule has 2 aromatic heterocycles. The lowest BCUT2D eigenvalue weighted by atomic mass is 10.0. The Morgan fingerprint density at radius 1 is 1.14 bits per heavy atom. The molecule has 4 rings (SSSR count). The van der Waals surface area contributed by atoms with E-state index in [0.717, 1.165) is 30.9 Å². The Balaban J connectivity index is 1.65. The van der Waals surface area contributed by atoms with E-state index in [2.05, 4.69) is 51.9 Å². The Morgan fingerprint density at radius 2 is 2.05 bits per heavy atom. The molecular formula is C17H16N4. The number of nitrogens with one attached hydrogen (secondary N) is 1. The van der Waals surface area contributed by atoms with Crippen molar-refractivity contribution in [2.45, 2.75) is 13.0 Å². The molecule has 1 aromatic carbocycles. The number of rotatable bonds is 3. The molecule has 21 heavy (non-hydrogen) atoms. The average Bonchev–Trinajstić information content (AvgIpc) is 3.16. The molecule has 1 aliphatic heterocycles. The third-order valence-electron chi connectivity index (χ3n) is 3.85. The number of fused-ring (bicyclic) bond motifs is 1. The molecule has 0 amide bonds. The van der Waals surface area contributed by atoms with Crippen molar-refractivity contribution < 1.29 is 0 Å². The van der Waals surface area contributed by atoms with E-state index in [0.29, 0.717) is 0 Å². The maximum Gasteiger partial charge on any atom is 0.129 e. The van der Waals surface area contributed by atoms with Gasteiger partial charge in [-0.2, -0.15) is 5.10 Å². The van der Waals surface area contributed by atoms with E-state index in [9.17, 15) is 0 Å². The van der Waals surface area contributed by atoms with Crippen molar-refractivity contribution in [3.05, 3.63) is 66.1 Å². The summed E-state index contributed by atoms with van der Waals surface area (Å²) >= 11 is 0. The SMILES string of the molecule is c1ccc(Cn2cc(-c3ccnc4c3CCN4)cn2)cc1. The predicted octanol–water partition coefficient (Wildman–Crippen LogP) is 2.96. The van der Waals surface area contributed by atoms with Crippen LogP contribution in [0.5, 0.6) is 0 Å². The molecule has 0 saturated heterocycles. The van der Waals surface area contributed by atoms with Crippen LogP contribution in [-0.4, -0.2) is 21.3 Å². The molecule has 4 nitrogen and oxygen atoms in total. The molecule has 0 aliphatic carbocycles. The topological polar surface area (TPSA) is 42.7 Å². The Morgan fingerprint density at radius 3 is 2.95 bits per heavy atom. The first-order valence-electron chi connectivity index (χ1n) is 7.19. The number of benzene rings is 1. The zero-order valence-corrected chi connectivity index (χ0v) is 11.7. The zero-order chi connectivity index (χ0) is 14.1. The summed E-state index contributed by atoms with van der Waals surface area (Å²) in [5.74, 6) is 1.02. The van der Waals surface area contributed by atoms with Gasteiger partial charge in [-0.05, 0) is 23.6 Å². The molecular weight excluding hydrogens is 260 g/mol. The molecule has 3 aromatic rings. The van der Waals surface area contributed by atoms with Crippen molar-refractivity contribution in [3.63, 3.8) is 0 Å². The van der Waals surface area contributed by atoms with Crippen LogP contribution in [0, 0.1) is 0 Å². The summed E-state index contributed by atoms with van der Waals surface area (Å²) in [5, 5.41) is 7.81. The normalized spacial score (nSPS) is 13.0. The van der Waals surface area contributed by atoms with Gasteiger partial charge in [0, 0.05) is 30.1 Å². The first-order valence-corrected chi connectivity index (χ1v) is 7.19. The van der Waals surface area contributed by atoms with E-state index < -0.39 is 0 Å². The zero-order valence-electron chi connectivity index (χ0n) is 11.7. The van der Waals surface area contributed by atoms with Gasteiger partial charge in [0.05, 0.1) is 12.7 Å². The molecule has 0 saturated carbocycles. The van der Waals surface area contributed by atoms with Crippen LogP contribution >= 0.6 is 0 Å². The summed E-state index contributed by atoms with van der Waals surface area (Å²) in [6, 6.07) is 12.5. The molecule has 0 radical (unpaired) electrons. The van der Waals surface area contributed by atoms with Gasteiger partial charge in [0.2, 0.25) is 0 Å². The van der Waals surface area contributed by atoms with Gasteiger partial charge in [-0.25, -0.2) is 4.98 Å². The second-order valence-corrected chi connectivity index (χ2v) is 5.27. The summed E-state index contributed by atoms with van der Waals surface area (Å²) < 4.78 is 1.99. The Kier molecular flexibility index (Phi) is 2.92. The van der Waals surface area contributed by atoms with Gasteiger partial charge >= 0.3 is 0 Å². The minimum Gasteiger partial charge on any atom is -0.369 e. The van der Waals surface area contributed by atoms with Gasteiger partial charge in [-0.15, -0.1) is 0 Å². The third-order valence-corrected chi connectivity index (χ3v) is 3.85. The maximum absolute atomic E-state index is 4.49. The predicted molar refractivity (Wildman–Crippen MR) is 83.2 cm³/mol. The van der Waals surface area contributed by atoms with Crippen LogP contribution in [0.25, 0.3) is 11.1 Å². The van der Waals surface area contributed by atoms with Crippen LogP contribution < -0.4 is 5.32 Å². The van der Waals surface area contributed by atoms with Gasteiger partial charge in [0.1, 0.15) is 5.82 Å². The van der Waals surface area contributed by atoms with Crippen molar-refractivity contribution in [1.29, 1.82) is 0 Å². The quantitative estimate of drug-likeness (QED) is 0.799. The molecule has 0 bridgehead atoms. The van der Waals surface area contributed by atoms with Crippen molar-refractivity contribution >= 4 is 5.82 Å². The van der Waals surface area contributed by atoms with Crippen LogP contribution in [0.2, 0.25) is 0 Å². The lowest BCUT2D eigenvalue weighted by Gasteiger charge is -2.04. The fourth-order valence-corrected chi connectivity index (χ4v) is 2.83. The maximum atomic E-state index is 4.49. The Labute approximate surface area is 123 Å². The summed E-state index contributed by atoms with van der Waals surface area (Å²) in [5.41, 5.74) is 4.96. The number of hydrogen-bond donors (Lipinski definition) is 1. The first kappa shape index (κ1) is 12.1. The number of anilines is 1. The van der Waals surface area contributed by atoms with Gasteiger partial charge in [0.15, 0.2) is 0 Å². The van der Waals surface area contributed by atoms with Crippen LogP contribution in [0.15, 0.2) is 55.0 Å². The van der Waals surface area contributed by atoms with Crippen molar-refractivity contribution in [2.75, 3.05) is 11.9 Å². The molecule has 0 atom stereocenters. The molecule has 4 heteroatoms. The number of nitrogens with zero attached hydrogens (tertiary/aromatic N) is 3. The fraction of sp³-hybridized carbons (Fsp3) is 0.176. The Hall–Kier alpha value is -2.62. The van der Waals surface area contributed by atoms with Crippen molar-refractivity contribution in [1.82, 2.24) is 14.8 Å². The second kappa shape index (κ2) is 5.05. The van der Waals surface area contributed by atoms with Crippen LogP contribution in [0.4, 0.5) is 5.82 Å². The van der Waals surface area contributed by atoms with Gasteiger partial charge in [-0.3, -0.25) is 4.68 Å². The average molecular weight is 276 g/mol. The number of hydrogen-bond acceptors (Lipinski definition) is 3. The van der Waals surface area contributed by atoms with Crippen molar-refractivity contribution in [3.8, 4) is 11.1 Å². The lowest BCUT2D eigenvalue weighted by molar-refractivity contribution is 0.687.